The van der Waals surface area contributed by atoms with Gasteiger partial charge in [0.2, 0.25) is 5.91 Å². The summed E-state index contributed by atoms with van der Waals surface area (Å²) in [6, 6.07) is 8.35. The molecule has 1 saturated carbocycles. The number of anilines is 1. The highest BCUT2D eigenvalue weighted by molar-refractivity contribution is 5.76. The second-order valence-electron chi connectivity index (χ2n) is 6.21. The molecule has 2 rings (SSSR count). The SMILES string of the molecule is CCC1CCCC(N(CC(N)=O)Cc2ccc(N)cc2)C1. The first-order valence-electron chi connectivity index (χ1n) is 7.95. The summed E-state index contributed by atoms with van der Waals surface area (Å²) in [4.78, 5) is 13.7. The summed E-state index contributed by atoms with van der Waals surface area (Å²) >= 11 is 0. The largest absolute Gasteiger partial charge is 0.399 e. The highest BCUT2D eigenvalue weighted by Crippen LogP contribution is 2.30. The molecule has 0 spiro atoms. The van der Waals surface area contributed by atoms with Crippen molar-refractivity contribution in [3.05, 3.63) is 29.8 Å². The molecule has 1 fully saturated rings. The van der Waals surface area contributed by atoms with Crippen molar-refractivity contribution in [1.82, 2.24) is 4.90 Å². The summed E-state index contributed by atoms with van der Waals surface area (Å²) in [5.41, 5.74) is 13.1. The molecule has 0 aromatic heterocycles. The first-order chi connectivity index (χ1) is 10.1. The fraction of sp³-hybridized carbons (Fsp3) is 0.588. The van der Waals surface area contributed by atoms with Gasteiger partial charge >= 0.3 is 0 Å². The molecule has 2 unspecified atom stereocenters. The number of nitrogens with two attached hydrogens (primary N) is 2. The van der Waals surface area contributed by atoms with Gasteiger partial charge in [-0.15, -0.1) is 0 Å². The zero-order valence-electron chi connectivity index (χ0n) is 12.9. The molecule has 4 N–H and O–H groups in total. The molecule has 0 aliphatic heterocycles. The number of nitrogen functional groups attached to an aromatic ring is 1. The summed E-state index contributed by atoms with van der Waals surface area (Å²) in [5.74, 6) is 0.537. The Labute approximate surface area is 127 Å². The van der Waals surface area contributed by atoms with Crippen LogP contribution in [0.15, 0.2) is 24.3 Å². The van der Waals surface area contributed by atoms with Gasteiger partial charge in [0.25, 0.3) is 0 Å². The molecule has 116 valence electrons. The van der Waals surface area contributed by atoms with Crippen LogP contribution in [0.1, 0.15) is 44.6 Å². The van der Waals surface area contributed by atoms with Gasteiger partial charge in [-0.25, -0.2) is 0 Å². The van der Waals surface area contributed by atoms with E-state index in [1.807, 2.05) is 24.3 Å². The molecule has 4 heteroatoms. The van der Waals surface area contributed by atoms with Gasteiger partial charge in [-0.2, -0.15) is 0 Å². The number of benzene rings is 1. The van der Waals surface area contributed by atoms with Crippen LogP contribution in [0.25, 0.3) is 0 Å². The molecule has 0 bridgehead atoms. The van der Waals surface area contributed by atoms with E-state index < -0.39 is 0 Å². The summed E-state index contributed by atoms with van der Waals surface area (Å²) in [6.45, 7) is 3.36. The molecule has 0 radical (unpaired) electrons. The van der Waals surface area contributed by atoms with Crippen molar-refractivity contribution in [2.24, 2.45) is 11.7 Å². The number of carbonyl (C=O) groups is 1. The van der Waals surface area contributed by atoms with E-state index in [1.165, 1.54) is 37.7 Å². The van der Waals surface area contributed by atoms with E-state index in [-0.39, 0.29) is 5.91 Å². The fourth-order valence-corrected chi connectivity index (χ4v) is 3.34. The maximum absolute atomic E-state index is 11.4. The third-order valence-corrected chi connectivity index (χ3v) is 4.57. The smallest absolute Gasteiger partial charge is 0.231 e. The summed E-state index contributed by atoms with van der Waals surface area (Å²) in [7, 11) is 0. The highest BCUT2D eigenvalue weighted by Gasteiger charge is 2.26. The van der Waals surface area contributed by atoms with Crippen molar-refractivity contribution >= 4 is 11.6 Å². The van der Waals surface area contributed by atoms with E-state index in [1.54, 1.807) is 0 Å². The van der Waals surface area contributed by atoms with E-state index >= 15 is 0 Å². The maximum Gasteiger partial charge on any atom is 0.231 e. The second kappa shape index (κ2) is 7.46. The van der Waals surface area contributed by atoms with Crippen molar-refractivity contribution in [3.8, 4) is 0 Å². The van der Waals surface area contributed by atoms with Gasteiger partial charge < -0.3 is 11.5 Å². The van der Waals surface area contributed by atoms with Crippen molar-refractivity contribution in [2.45, 2.75) is 51.6 Å². The lowest BCUT2D eigenvalue weighted by molar-refractivity contribution is -0.120. The number of hydrogen-bond acceptors (Lipinski definition) is 3. The molecule has 2 atom stereocenters. The number of nitrogens with zero attached hydrogens (tertiary/aromatic N) is 1. The van der Waals surface area contributed by atoms with E-state index in [4.69, 9.17) is 11.5 Å². The zero-order valence-corrected chi connectivity index (χ0v) is 12.9. The quantitative estimate of drug-likeness (QED) is 0.790. The van der Waals surface area contributed by atoms with Crippen LogP contribution >= 0.6 is 0 Å². The van der Waals surface area contributed by atoms with Crippen LogP contribution in [-0.2, 0) is 11.3 Å². The minimum Gasteiger partial charge on any atom is -0.399 e. The summed E-state index contributed by atoms with van der Waals surface area (Å²) < 4.78 is 0. The Morgan fingerprint density at radius 1 is 1.29 bits per heavy atom. The lowest BCUT2D eigenvalue weighted by Crippen LogP contribution is -2.43. The van der Waals surface area contributed by atoms with E-state index in [2.05, 4.69) is 11.8 Å². The molecule has 4 nitrogen and oxygen atoms in total. The third kappa shape index (κ3) is 4.74. The minimum atomic E-state index is -0.246. The van der Waals surface area contributed by atoms with E-state index in [0.717, 1.165) is 18.2 Å². The Balaban J connectivity index is 2.06. The lowest BCUT2D eigenvalue weighted by Gasteiger charge is -2.37. The molecular formula is C17H27N3O. The minimum absolute atomic E-state index is 0.246. The van der Waals surface area contributed by atoms with Gasteiger partial charge in [0.05, 0.1) is 6.54 Å². The standard InChI is InChI=1S/C17H27N3O/c1-2-13-4-3-5-16(10-13)20(12-17(19)21)11-14-6-8-15(18)9-7-14/h6-9,13,16H,2-5,10-12,18H2,1H3,(H2,19,21). The number of hydrogen-bond donors (Lipinski definition) is 2. The van der Waals surface area contributed by atoms with Crippen LogP contribution in [-0.4, -0.2) is 23.4 Å². The van der Waals surface area contributed by atoms with Crippen molar-refractivity contribution in [2.75, 3.05) is 12.3 Å². The zero-order chi connectivity index (χ0) is 15.2. The maximum atomic E-state index is 11.4. The fourth-order valence-electron chi connectivity index (χ4n) is 3.34. The van der Waals surface area contributed by atoms with Gasteiger partial charge in [0.15, 0.2) is 0 Å². The van der Waals surface area contributed by atoms with E-state index in [0.29, 0.717) is 12.6 Å². The van der Waals surface area contributed by atoms with Crippen molar-refractivity contribution < 1.29 is 4.79 Å². The lowest BCUT2D eigenvalue weighted by atomic mass is 9.83. The normalized spacial score (nSPS) is 22.4. The molecule has 1 aliphatic rings. The Morgan fingerprint density at radius 3 is 2.62 bits per heavy atom. The topological polar surface area (TPSA) is 72.3 Å². The van der Waals surface area contributed by atoms with Gasteiger partial charge in [-0.1, -0.05) is 38.3 Å². The van der Waals surface area contributed by atoms with Crippen LogP contribution in [0.3, 0.4) is 0 Å². The van der Waals surface area contributed by atoms with Gasteiger partial charge in [0, 0.05) is 18.3 Å². The average molecular weight is 289 g/mol. The molecule has 1 amide bonds. The molecule has 1 aromatic carbocycles. The van der Waals surface area contributed by atoms with Crippen molar-refractivity contribution in [1.29, 1.82) is 0 Å². The predicted octanol–water partition coefficient (Wildman–Crippen LogP) is 2.52. The monoisotopic (exact) mass is 289 g/mol. The number of primary amides is 1. The molecule has 0 heterocycles. The van der Waals surface area contributed by atoms with Crippen LogP contribution in [0, 0.1) is 5.92 Å². The molecular weight excluding hydrogens is 262 g/mol. The van der Waals surface area contributed by atoms with Gasteiger partial charge in [0.1, 0.15) is 0 Å². The molecule has 1 aliphatic carbocycles. The van der Waals surface area contributed by atoms with Gasteiger partial charge in [-0.05, 0) is 36.5 Å². The Morgan fingerprint density at radius 2 is 2.00 bits per heavy atom. The Bertz CT molecular complexity index is 458. The molecule has 0 saturated heterocycles. The Kier molecular flexibility index (Phi) is 5.62. The summed E-state index contributed by atoms with van der Waals surface area (Å²) in [6.07, 6.45) is 6.14. The highest BCUT2D eigenvalue weighted by atomic mass is 16.1. The van der Waals surface area contributed by atoms with Gasteiger partial charge in [-0.3, -0.25) is 9.69 Å². The van der Waals surface area contributed by atoms with Crippen LogP contribution in [0.5, 0.6) is 0 Å². The first kappa shape index (κ1) is 15.8. The van der Waals surface area contributed by atoms with Crippen molar-refractivity contribution in [3.63, 3.8) is 0 Å². The second-order valence-corrected chi connectivity index (χ2v) is 6.21. The molecule has 1 aromatic rings. The first-order valence-corrected chi connectivity index (χ1v) is 7.95. The van der Waals surface area contributed by atoms with Crippen LogP contribution in [0.4, 0.5) is 5.69 Å². The predicted molar refractivity (Wildman–Crippen MR) is 86.5 cm³/mol. The number of carbonyl (C=O) groups excluding carboxylic acids is 1. The summed E-state index contributed by atoms with van der Waals surface area (Å²) in [5, 5.41) is 0. The van der Waals surface area contributed by atoms with E-state index in [9.17, 15) is 4.79 Å². The number of amides is 1. The average Bonchev–Trinajstić information content (AvgIpc) is 2.48. The number of rotatable bonds is 6. The van der Waals surface area contributed by atoms with Crippen LogP contribution < -0.4 is 11.5 Å². The Hall–Kier alpha value is -1.55. The molecule has 21 heavy (non-hydrogen) atoms. The van der Waals surface area contributed by atoms with Crippen LogP contribution in [0.2, 0.25) is 0 Å². The third-order valence-electron chi connectivity index (χ3n) is 4.57.